The van der Waals surface area contributed by atoms with Crippen LogP contribution < -0.4 is 5.73 Å². The van der Waals surface area contributed by atoms with Crippen molar-refractivity contribution in [2.24, 2.45) is 0 Å². The van der Waals surface area contributed by atoms with Gasteiger partial charge < -0.3 is 10.6 Å². The summed E-state index contributed by atoms with van der Waals surface area (Å²) >= 11 is 0. The monoisotopic (exact) mass is 487 g/mol. The number of aromatic nitrogens is 2. The van der Waals surface area contributed by atoms with Crippen LogP contribution in [0.25, 0.3) is 22.0 Å². The second-order valence-electron chi connectivity index (χ2n) is 8.98. The first-order valence-electron chi connectivity index (χ1n) is 12.0. The average Bonchev–Trinajstić information content (AvgIpc) is 3.32. The average molecular weight is 488 g/mol. The van der Waals surface area contributed by atoms with Crippen molar-refractivity contribution in [2.45, 2.75) is 33.5 Å². The first-order valence-corrected chi connectivity index (χ1v) is 12.0. The standard InChI is InChI=1S/C28H27F2N5O/c1-3-34(4-2)14-20-12-23(29)24(30)13-21(20)17-9-10-25-22(11-17)26(33-28(31)32-25)27(36)35-15-18-7-5-6-8-19(18)16-35/h5-13H,3-4,14-16H2,1-2H3,(H2,31,32,33). The lowest BCUT2D eigenvalue weighted by Crippen LogP contribution is -2.27. The molecule has 0 aliphatic carbocycles. The maximum atomic E-state index is 14.4. The Labute approximate surface area is 208 Å². The minimum Gasteiger partial charge on any atom is -0.368 e. The molecule has 184 valence electrons. The van der Waals surface area contributed by atoms with Gasteiger partial charge >= 0.3 is 0 Å². The van der Waals surface area contributed by atoms with Crippen LogP contribution in [-0.2, 0) is 19.6 Å². The van der Waals surface area contributed by atoms with Crippen molar-refractivity contribution >= 4 is 22.8 Å². The minimum absolute atomic E-state index is 0.00496. The van der Waals surface area contributed by atoms with E-state index in [1.807, 2.05) is 38.1 Å². The molecule has 0 unspecified atom stereocenters. The van der Waals surface area contributed by atoms with Gasteiger partial charge in [0.15, 0.2) is 11.6 Å². The first-order chi connectivity index (χ1) is 17.4. The van der Waals surface area contributed by atoms with Crippen LogP contribution >= 0.6 is 0 Å². The maximum absolute atomic E-state index is 14.4. The van der Waals surface area contributed by atoms with Gasteiger partial charge in [-0.15, -0.1) is 0 Å². The highest BCUT2D eigenvalue weighted by molar-refractivity contribution is 6.06. The molecule has 5 rings (SSSR count). The van der Waals surface area contributed by atoms with Crippen LogP contribution in [0.5, 0.6) is 0 Å². The van der Waals surface area contributed by atoms with Crippen molar-refractivity contribution in [1.29, 1.82) is 0 Å². The summed E-state index contributed by atoms with van der Waals surface area (Å²) in [5.41, 5.74) is 10.7. The molecule has 0 saturated heterocycles. The Morgan fingerprint density at radius 2 is 1.64 bits per heavy atom. The minimum atomic E-state index is -0.923. The number of hydrogen-bond donors (Lipinski definition) is 1. The second-order valence-corrected chi connectivity index (χ2v) is 8.98. The molecule has 1 amide bonds. The lowest BCUT2D eigenvalue weighted by atomic mass is 9.96. The van der Waals surface area contributed by atoms with E-state index < -0.39 is 11.6 Å². The molecule has 1 aliphatic rings. The third kappa shape index (κ3) is 4.40. The molecule has 2 N–H and O–H groups in total. The highest BCUT2D eigenvalue weighted by Crippen LogP contribution is 2.32. The molecule has 3 aromatic carbocycles. The summed E-state index contributed by atoms with van der Waals surface area (Å²) < 4.78 is 28.6. The molecule has 0 fully saturated rings. The van der Waals surface area contributed by atoms with Gasteiger partial charge in [0.1, 0.15) is 5.69 Å². The second kappa shape index (κ2) is 9.62. The predicted octanol–water partition coefficient (Wildman–Crippen LogP) is 5.16. The van der Waals surface area contributed by atoms with Crippen LogP contribution in [0.3, 0.4) is 0 Å². The number of fused-ring (bicyclic) bond motifs is 2. The Kier molecular flexibility index (Phi) is 6.36. The van der Waals surface area contributed by atoms with Gasteiger partial charge in [-0.25, -0.2) is 18.7 Å². The first kappa shape index (κ1) is 23.8. The summed E-state index contributed by atoms with van der Waals surface area (Å²) in [5, 5.41) is 0.515. The van der Waals surface area contributed by atoms with Crippen LogP contribution in [0, 0.1) is 11.6 Å². The van der Waals surface area contributed by atoms with E-state index in [0.29, 0.717) is 47.2 Å². The van der Waals surface area contributed by atoms with Crippen molar-refractivity contribution in [3.8, 4) is 11.1 Å². The van der Waals surface area contributed by atoms with Crippen molar-refractivity contribution in [3.63, 3.8) is 0 Å². The largest absolute Gasteiger partial charge is 0.368 e. The molecule has 36 heavy (non-hydrogen) atoms. The summed E-state index contributed by atoms with van der Waals surface area (Å²) in [6.45, 7) is 7.03. The summed E-state index contributed by atoms with van der Waals surface area (Å²) in [4.78, 5) is 26.0. The van der Waals surface area contributed by atoms with Crippen LogP contribution in [-0.4, -0.2) is 38.8 Å². The Morgan fingerprint density at radius 3 is 2.31 bits per heavy atom. The lowest BCUT2D eigenvalue weighted by Gasteiger charge is -2.21. The summed E-state index contributed by atoms with van der Waals surface area (Å²) in [6, 6.07) is 15.7. The Balaban J connectivity index is 1.59. The maximum Gasteiger partial charge on any atom is 0.273 e. The lowest BCUT2D eigenvalue weighted by molar-refractivity contribution is 0.0747. The van der Waals surface area contributed by atoms with Gasteiger partial charge in [-0.1, -0.05) is 44.2 Å². The number of halogens is 2. The molecular weight excluding hydrogens is 460 g/mol. The Morgan fingerprint density at radius 1 is 0.972 bits per heavy atom. The number of nitrogens with two attached hydrogens (primary N) is 1. The van der Waals surface area contributed by atoms with Crippen LogP contribution in [0.4, 0.5) is 14.7 Å². The smallest absolute Gasteiger partial charge is 0.273 e. The van der Waals surface area contributed by atoms with E-state index in [0.717, 1.165) is 24.2 Å². The molecule has 0 spiro atoms. The molecule has 0 saturated carbocycles. The van der Waals surface area contributed by atoms with Crippen molar-refractivity contribution in [2.75, 3.05) is 18.8 Å². The SMILES string of the molecule is CCN(CC)Cc1cc(F)c(F)cc1-c1ccc2nc(N)nc(C(=O)N3Cc4ccccc4C3)c2c1. The number of nitrogen functional groups attached to an aromatic ring is 1. The van der Waals surface area contributed by atoms with E-state index in [1.165, 1.54) is 12.1 Å². The van der Waals surface area contributed by atoms with Gasteiger partial charge in [0.05, 0.1) is 5.52 Å². The molecule has 1 aliphatic heterocycles. The Hall–Kier alpha value is -3.91. The molecule has 0 bridgehead atoms. The van der Waals surface area contributed by atoms with Gasteiger partial charge in [0.25, 0.3) is 5.91 Å². The van der Waals surface area contributed by atoms with Crippen LogP contribution in [0.2, 0.25) is 0 Å². The fourth-order valence-electron chi connectivity index (χ4n) is 4.78. The van der Waals surface area contributed by atoms with E-state index in [2.05, 4.69) is 14.9 Å². The number of amides is 1. The zero-order chi connectivity index (χ0) is 25.4. The number of anilines is 1. The summed E-state index contributed by atoms with van der Waals surface area (Å²) in [6.07, 6.45) is 0. The van der Waals surface area contributed by atoms with Crippen LogP contribution in [0.1, 0.15) is 41.0 Å². The van der Waals surface area contributed by atoms with E-state index in [1.54, 1.807) is 23.1 Å². The normalized spacial score (nSPS) is 13.0. The highest BCUT2D eigenvalue weighted by Gasteiger charge is 2.27. The third-order valence-electron chi connectivity index (χ3n) is 6.79. The molecule has 1 aromatic heterocycles. The van der Waals surface area contributed by atoms with E-state index >= 15 is 0 Å². The van der Waals surface area contributed by atoms with Gasteiger partial charge in [-0.3, -0.25) is 9.69 Å². The van der Waals surface area contributed by atoms with Crippen molar-refractivity contribution in [1.82, 2.24) is 19.8 Å². The number of rotatable bonds is 6. The molecule has 6 nitrogen and oxygen atoms in total. The number of carbonyl (C=O) groups is 1. The molecule has 0 atom stereocenters. The predicted molar refractivity (Wildman–Crippen MR) is 136 cm³/mol. The van der Waals surface area contributed by atoms with Crippen LogP contribution in [0.15, 0.2) is 54.6 Å². The van der Waals surface area contributed by atoms with Gasteiger partial charge in [-0.2, -0.15) is 0 Å². The van der Waals surface area contributed by atoms with Gasteiger partial charge in [0.2, 0.25) is 5.95 Å². The van der Waals surface area contributed by atoms with Gasteiger partial charge in [-0.05, 0) is 65.2 Å². The molecule has 2 heterocycles. The van der Waals surface area contributed by atoms with E-state index in [-0.39, 0.29) is 17.5 Å². The molecule has 0 radical (unpaired) electrons. The van der Waals surface area contributed by atoms with E-state index in [9.17, 15) is 13.6 Å². The number of benzene rings is 3. The third-order valence-corrected chi connectivity index (χ3v) is 6.79. The van der Waals surface area contributed by atoms with Gasteiger partial charge in [0, 0.05) is 25.0 Å². The number of nitrogens with zero attached hydrogens (tertiary/aromatic N) is 4. The molecule has 4 aromatic rings. The van der Waals surface area contributed by atoms with Crippen molar-refractivity contribution < 1.29 is 13.6 Å². The topological polar surface area (TPSA) is 75.4 Å². The van der Waals surface area contributed by atoms with E-state index in [4.69, 9.17) is 5.73 Å². The quantitative estimate of drug-likeness (QED) is 0.407. The van der Waals surface area contributed by atoms with Crippen molar-refractivity contribution in [3.05, 3.63) is 88.6 Å². The highest BCUT2D eigenvalue weighted by atomic mass is 19.2. The molecule has 8 heteroatoms. The fourth-order valence-corrected chi connectivity index (χ4v) is 4.78. The summed E-state index contributed by atoms with van der Waals surface area (Å²) in [7, 11) is 0. The Bertz CT molecular complexity index is 1440. The zero-order valence-corrected chi connectivity index (χ0v) is 20.3. The fraction of sp³-hybridized carbons (Fsp3) is 0.250. The number of hydrogen-bond acceptors (Lipinski definition) is 5. The number of carbonyl (C=O) groups excluding carboxylic acids is 1. The summed E-state index contributed by atoms with van der Waals surface area (Å²) in [5.74, 6) is -2.06. The molecular formula is C28H27F2N5O. The zero-order valence-electron chi connectivity index (χ0n) is 20.3.